The maximum atomic E-state index is 10.0. The first kappa shape index (κ1) is 11.1. The Balaban J connectivity index is 0.000000226. The number of nitrogens with zero attached hydrogens (tertiary/aromatic N) is 2. The van der Waals surface area contributed by atoms with Crippen LogP contribution in [0.1, 0.15) is 25.7 Å². The zero-order valence-electron chi connectivity index (χ0n) is 6.95. The summed E-state index contributed by atoms with van der Waals surface area (Å²) in [6.07, 6.45) is 1.24. The number of carbonyl (C=O) groups excluding carboxylic acids is 2. The molecule has 1 fully saturated rings. The maximum absolute atomic E-state index is 10.0. The third kappa shape index (κ3) is 6.52. The van der Waals surface area contributed by atoms with Crippen molar-refractivity contribution >= 4 is 11.9 Å². The van der Waals surface area contributed by atoms with Gasteiger partial charge in [-0.25, -0.2) is 0 Å². The molecule has 0 aromatic rings. The molecule has 1 saturated heterocycles. The number of hydrogen-bond donors (Lipinski definition) is 0. The molecule has 0 bridgehead atoms. The van der Waals surface area contributed by atoms with E-state index in [-0.39, 0.29) is 12.8 Å². The van der Waals surface area contributed by atoms with Crippen LogP contribution >= 0.6 is 0 Å². The van der Waals surface area contributed by atoms with Crippen molar-refractivity contribution in [1.29, 1.82) is 10.5 Å². The van der Waals surface area contributed by atoms with E-state index in [0.29, 0.717) is 12.8 Å². The van der Waals surface area contributed by atoms with Crippen molar-refractivity contribution in [3.8, 4) is 12.1 Å². The Hall–Kier alpha value is -1.88. The SMILES string of the molecule is N#CCCC#N.O=C1CCC(=O)O1. The number of carbonyl (C=O) groups is 2. The molecule has 68 valence electrons. The van der Waals surface area contributed by atoms with E-state index < -0.39 is 11.9 Å². The minimum atomic E-state index is -0.398. The van der Waals surface area contributed by atoms with E-state index in [1.165, 1.54) is 0 Å². The van der Waals surface area contributed by atoms with Gasteiger partial charge in [0.1, 0.15) is 0 Å². The van der Waals surface area contributed by atoms with Gasteiger partial charge < -0.3 is 4.74 Å². The van der Waals surface area contributed by atoms with Crippen molar-refractivity contribution in [2.75, 3.05) is 0 Å². The van der Waals surface area contributed by atoms with Crippen molar-refractivity contribution in [2.45, 2.75) is 25.7 Å². The predicted molar refractivity (Wildman–Crippen MR) is 40.8 cm³/mol. The highest BCUT2D eigenvalue weighted by Crippen LogP contribution is 2.03. The third-order valence-electron chi connectivity index (χ3n) is 1.11. The standard InChI is InChI=1S/C4H4N2.C4H4O3/c5-3-1-2-4-6;5-3-1-2-4(6)7-3/h1-2H2;1-2H2. The summed E-state index contributed by atoms with van der Waals surface area (Å²) >= 11 is 0. The van der Waals surface area contributed by atoms with Crippen LogP contribution in [0, 0.1) is 22.7 Å². The van der Waals surface area contributed by atoms with Crippen LogP contribution in [-0.4, -0.2) is 11.9 Å². The molecule has 5 nitrogen and oxygen atoms in total. The molecule has 1 rings (SSSR count). The monoisotopic (exact) mass is 180 g/mol. The van der Waals surface area contributed by atoms with E-state index >= 15 is 0 Å². The molecule has 0 aromatic heterocycles. The molecular formula is C8H8N2O3. The van der Waals surface area contributed by atoms with Gasteiger partial charge >= 0.3 is 11.9 Å². The normalized spacial score (nSPS) is 13.4. The molecule has 0 atom stereocenters. The highest BCUT2D eigenvalue weighted by Gasteiger charge is 2.19. The molecular weight excluding hydrogens is 172 g/mol. The van der Waals surface area contributed by atoms with Gasteiger partial charge in [0, 0.05) is 12.8 Å². The zero-order chi connectivity index (χ0) is 10.1. The van der Waals surface area contributed by atoms with Crippen LogP contribution in [0.4, 0.5) is 0 Å². The third-order valence-corrected chi connectivity index (χ3v) is 1.11. The lowest BCUT2D eigenvalue weighted by molar-refractivity contribution is -0.151. The van der Waals surface area contributed by atoms with Crippen molar-refractivity contribution < 1.29 is 14.3 Å². The highest BCUT2D eigenvalue weighted by atomic mass is 16.6. The van der Waals surface area contributed by atoms with Crippen molar-refractivity contribution in [3.63, 3.8) is 0 Å². The summed E-state index contributed by atoms with van der Waals surface area (Å²) in [6.45, 7) is 0. The molecule has 0 unspecified atom stereocenters. The van der Waals surface area contributed by atoms with Gasteiger partial charge in [0.2, 0.25) is 0 Å². The molecule has 0 aromatic carbocycles. The van der Waals surface area contributed by atoms with Crippen LogP contribution in [-0.2, 0) is 14.3 Å². The number of ether oxygens (including phenoxy) is 1. The Kier molecular flexibility index (Phi) is 5.82. The van der Waals surface area contributed by atoms with E-state index in [2.05, 4.69) is 4.74 Å². The van der Waals surface area contributed by atoms with E-state index in [1.54, 1.807) is 0 Å². The minimum Gasteiger partial charge on any atom is -0.393 e. The van der Waals surface area contributed by atoms with Crippen LogP contribution in [0.2, 0.25) is 0 Å². The molecule has 1 aliphatic heterocycles. The summed E-state index contributed by atoms with van der Waals surface area (Å²) < 4.78 is 4.08. The van der Waals surface area contributed by atoms with Gasteiger partial charge in [-0.05, 0) is 0 Å². The van der Waals surface area contributed by atoms with Crippen LogP contribution in [0.25, 0.3) is 0 Å². The van der Waals surface area contributed by atoms with Gasteiger partial charge in [0.05, 0.1) is 25.0 Å². The number of nitriles is 2. The molecule has 0 amide bonds. The van der Waals surface area contributed by atoms with Crippen LogP contribution in [0.5, 0.6) is 0 Å². The summed E-state index contributed by atoms with van der Waals surface area (Å²) in [7, 11) is 0. The van der Waals surface area contributed by atoms with Gasteiger partial charge in [-0.1, -0.05) is 0 Å². The quantitative estimate of drug-likeness (QED) is 0.336. The average Bonchev–Trinajstić information content (AvgIpc) is 2.47. The predicted octanol–water partition coefficient (Wildman–Crippen LogP) is 0.664. The second kappa shape index (κ2) is 6.81. The Morgan fingerprint density at radius 2 is 1.46 bits per heavy atom. The maximum Gasteiger partial charge on any atom is 0.314 e. The average molecular weight is 180 g/mol. The molecule has 5 heteroatoms. The lowest BCUT2D eigenvalue weighted by Crippen LogP contribution is -1.94. The van der Waals surface area contributed by atoms with Gasteiger partial charge in [0.25, 0.3) is 0 Å². The summed E-state index contributed by atoms with van der Waals surface area (Å²) in [6, 6.07) is 3.69. The Morgan fingerprint density at radius 3 is 1.62 bits per heavy atom. The summed E-state index contributed by atoms with van der Waals surface area (Å²) in [5.41, 5.74) is 0. The van der Waals surface area contributed by atoms with Crippen molar-refractivity contribution in [3.05, 3.63) is 0 Å². The van der Waals surface area contributed by atoms with E-state index in [9.17, 15) is 9.59 Å². The molecule has 0 aliphatic carbocycles. The molecule has 0 spiro atoms. The van der Waals surface area contributed by atoms with Gasteiger partial charge in [-0.2, -0.15) is 10.5 Å². The van der Waals surface area contributed by atoms with E-state index in [4.69, 9.17) is 10.5 Å². The first-order chi connectivity index (χ1) is 6.20. The topological polar surface area (TPSA) is 91.0 Å². The second-order valence-corrected chi connectivity index (χ2v) is 2.16. The van der Waals surface area contributed by atoms with Crippen LogP contribution in [0.3, 0.4) is 0 Å². The van der Waals surface area contributed by atoms with Crippen molar-refractivity contribution in [2.24, 2.45) is 0 Å². The lowest BCUT2D eigenvalue weighted by atomic mass is 10.4. The molecule has 0 saturated carbocycles. The molecule has 0 N–H and O–H groups in total. The van der Waals surface area contributed by atoms with E-state index in [1.807, 2.05) is 12.1 Å². The summed E-state index contributed by atoms with van der Waals surface area (Å²) in [5, 5.41) is 15.6. The van der Waals surface area contributed by atoms with E-state index in [0.717, 1.165) is 0 Å². The number of rotatable bonds is 1. The van der Waals surface area contributed by atoms with Crippen LogP contribution in [0.15, 0.2) is 0 Å². The summed E-state index contributed by atoms with van der Waals surface area (Å²) in [5.74, 6) is -0.796. The van der Waals surface area contributed by atoms with Crippen LogP contribution < -0.4 is 0 Å². The fourth-order valence-corrected chi connectivity index (χ4v) is 0.545. The number of unbranched alkanes of at least 4 members (excludes halogenated alkanes) is 1. The fraction of sp³-hybridized carbons (Fsp3) is 0.500. The first-order valence-electron chi connectivity index (χ1n) is 3.68. The Morgan fingerprint density at radius 1 is 1.08 bits per heavy atom. The zero-order valence-corrected chi connectivity index (χ0v) is 6.95. The largest absolute Gasteiger partial charge is 0.393 e. The molecule has 13 heavy (non-hydrogen) atoms. The van der Waals surface area contributed by atoms with Gasteiger partial charge in [0.15, 0.2) is 0 Å². The number of cyclic esters (lactones) is 2. The number of esters is 2. The molecule has 0 radical (unpaired) electrons. The van der Waals surface area contributed by atoms with Gasteiger partial charge in [-0.15, -0.1) is 0 Å². The van der Waals surface area contributed by atoms with Crippen molar-refractivity contribution in [1.82, 2.24) is 0 Å². The smallest absolute Gasteiger partial charge is 0.314 e. The molecule has 1 aliphatic rings. The highest BCUT2D eigenvalue weighted by molar-refractivity contribution is 5.92. The minimum absolute atomic E-state index is 0.263. The Bertz CT molecular complexity index is 244. The fourth-order valence-electron chi connectivity index (χ4n) is 0.545. The molecule has 1 heterocycles. The Labute approximate surface area is 75.5 Å². The first-order valence-corrected chi connectivity index (χ1v) is 3.68. The second-order valence-electron chi connectivity index (χ2n) is 2.16. The lowest BCUT2D eigenvalue weighted by Gasteiger charge is -1.79. The summed E-state index contributed by atoms with van der Waals surface area (Å²) in [4.78, 5) is 20.0. The van der Waals surface area contributed by atoms with Gasteiger partial charge in [-0.3, -0.25) is 9.59 Å². The number of hydrogen-bond acceptors (Lipinski definition) is 5.